The van der Waals surface area contributed by atoms with Crippen molar-refractivity contribution in [3.05, 3.63) is 52.7 Å². The van der Waals surface area contributed by atoms with Crippen LogP contribution >= 0.6 is 11.6 Å². The van der Waals surface area contributed by atoms with Crippen LogP contribution in [0.1, 0.15) is 29.4 Å². The fourth-order valence-electron chi connectivity index (χ4n) is 1.83. The van der Waals surface area contributed by atoms with Crippen LogP contribution in [0.3, 0.4) is 0 Å². The molecule has 2 aromatic rings. The van der Waals surface area contributed by atoms with E-state index in [1.807, 2.05) is 25.1 Å². The fourth-order valence-corrected chi connectivity index (χ4v) is 2.00. The Kier molecular flexibility index (Phi) is 5.17. The van der Waals surface area contributed by atoms with Crippen LogP contribution in [0.2, 0.25) is 5.02 Å². The van der Waals surface area contributed by atoms with Gasteiger partial charge >= 0.3 is 0 Å². The number of nitrogens with zero attached hydrogens (tertiary/aromatic N) is 1. The van der Waals surface area contributed by atoms with Gasteiger partial charge in [0.1, 0.15) is 11.5 Å². The van der Waals surface area contributed by atoms with Crippen LogP contribution in [0.15, 0.2) is 36.4 Å². The van der Waals surface area contributed by atoms with E-state index in [0.717, 1.165) is 18.5 Å². The lowest BCUT2D eigenvalue weighted by molar-refractivity contribution is 0.102. The number of hydrogen-bond donors (Lipinski definition) is 2. The smallest absolute Gasteiger partial charge is 0.274 e. The molecule has 0 aliphatic heterocycles. The SMILES string of the molecule is CCCNc1cccc(C(=O)Nc2cc(C)ccc2Cl)n1. The highest BCUT2D eigenvalue weighted by Crippen LogP contribution is 2.23. The van der Waals surface area contributed by atoms with Crippen molar-refractivity contribution in [3.63, 3.8) is 0 Å². The first-order chi connectivity index (χ1) is 10.1. The highest BCUT2D eigenvalue weighted by Gasteiger charge is 2.10. The molecule has 0 fully saturated rings. The number of anilines is 2. The number of benzene rings is 1. The van der Waals surface area contributed by atoms with Crippen LogP contribution < -0.4 is 10.6 Å². The van der Waals surface area contributed by atoms with Gasteiger partial charge in [0.15, 0.2) is 0 Å². The zero-order valence-corrected chi connectivity index (χ0v) is 12.9. The third-order valence-corrected chi connectivity index (χ3v) is 3.24. The molecule has 5 heteroatoms. The van der Waals surface area contributed by atoms with E-state index in [1.54, 1.807) is 18.2 Å². The molecular formula is C16H18ClN3O. The van der Waals surface area contributed by atoms with Gasteiger partial charge in [-0.05, 0) is 43.2 Å². The van der Waals surface area contributed by atoms with Crippen molar-refractivity contribution in [2.45, 2.75) is 20.3 Å². The van der Waals surface area contributed by atoms with Crippen LogP contribution in [0.5, 0.6) is 0 Å². The topological polar surface area (TPSA) is 54.0 Å². The Labute approximate surface area is 129 Å². The van der Waals surface area contributed by atoms with Crippen molar-refractivity contribution in [1.29, 1.82) is 0 Å². The predicted molar refractivity (Wildman–Crippen MR) is 87.2 cm³/mol. The van der Waals surface area contributed by atoms with Gasteiger partial charge in [0.25, 0.3) is 5.91 Å². The molecule has 0 radical (unpaired) electrons. The maximum absolute atomic E-state index is 12.2. The number of amides is 1. The average Bonchev–Trinajstić information content (AvgIpc) is 2.49. The molecule has 1 aromatic carbocycles. The van der Waals surface area contributed by atoms with E-state index in [2.05, 4.69) is 22.5 Å². The Hall–Kier alpha value is -2.07. The van der Waals surface area contributed by atoms with Gasteiger partial charge in [0.2, 0.25) is 0 Å². The number of halogens is 1. The Balaban J connectivity index is 2.14. The highest BCUT2D eigenvalue weighted by atomic mass is 35.5. The average molecular weight is 304 g/mol. The van der Waals surface area contributed by atoms with Gasteiger partial charge in [-0.1, -0.05) is 30.7 Å². The number of hydrogen-bond acceptors (Lipinski definition) is 3. The maximum Gasteiger partial charge on any atom is 0.274 e. The summed E-state index contributed by atoms with van der Waals surface area (Å²) in [5, 5.41) is 6.45. The van der Waals surface area contributed by atoms with Gasteiger partial charge in [-0.3, -0.25) is 4.79 Å². The molecule has 0 atom stereocenters. The van der Waals surface area contributed by atoms with E-state index in [-0.39, 0.29) is 5.91 Å². The van der Waals surface area contributed by atoms with Gasteiger partial charge in [0, 0.05) is 6.54 Å². The molecule has 0 bridgehead atoms. The van der Waals surface area contributed by atoms with E-state index in [4.69, 9.17) is 11.6 Å². The number of nitrogens with one attached hydrogen (secondary N) is 2. The lowest BCUT2D eigenvalue weighted by Gasteiger charge is -2.09. The summed E-state index contributed by atoms with van der Waals surface area (Å²) in [6.07, 6.45) is 0.997. The summed E-state index contributed by atoms with van der Waals surface area (Å²) in [5.74, 6) is 0.419. The molecule has 0 saturated carbocycles. The molecule has 0 aliphatic rings. The monoisotopic (exact) mass is 303 g/mol. The van der Waals surface area contributed by atoms with Gasteiger partial charge in [0.05, 0.1) is 10.7 Å². The molecule has 110 valence electrons. The minimum atomic E-state index is -0.275. The van der Waals surface area contributed by atoms with E-state index in [0.29, 0.717) is 22.2 Å². The summed E-state index contributed by atoms with van der Waals surface area (Å²) < 4.78 is 0. The molecule has 21 heavy (non-hydrogen) atoms. The lowest BCUT2D eigenvalue weighted by atomic mass is 10.2. The summed E-state index contributed by atoms with van der Waals surface area (Å²) in [6.45, 7) is 4.84. The molecule has 4 nitrogen and oxygen atoms in total. The van der Waals surface area contributed by atoms with Crippen LogP contribution in [-0.4, -0.2) is 17.4 Å². The Morgan fingerprint density at radius 3 is 2.86 bits per heavy atom. The first-order valence-electron chi connectivity index (χ1n) is 6.88. The second kappa shape index (κ2) is 7.09. The normalized spacial score (nSPS) is 10.2. The number of carbonyl (C=O) groups is 1. The fraction of sp³-hybridized carbons (Fsp3) is 0.250. The van der Waals surface area contributed by atoms with E-state index in [9.17, 15) is 4.79 Å². The van der Waals surface area contributed by atoms with Crippen LogP contribution in [-0.2, 0) is 0 Å². The lowest BCUT2D eigenvalue weighted by Crippen LogP contribution is -2.15. The zero-order valence-electron chi connectivity index (χ0n) is 12.1. The number of carbonyl (C=O) groups excluding carboxylic acids is 1. The van der Waals surface area contributed by atoms with Crippen molar-refractivity contribution in [2.24, 2.45) is 0 Å². The van der Waals surface area contributed by atoms with Crippen molar-refractivity contribution in [2.75, 3.05) is 17.2 Å². The Morgan fingerprint density at radius 1 is 1.29 bits per heavy atom. The van der Waals surface area contributed by atoms with Gasteiger partial charge < -0.3 is 10.6 Å². The molecule has 0 spiro atoms. The van der Waals surface area contributed by atoms with Crippen molar-refractivity contribution >= 4 is 29.0 Å². The van der Waals surface area contributed by atoms with E-state index < -0.39 is 0 Å². The molecule has 0 unspecified atom stereocenters. The molecule has 2 N–H and O–H groups in total. The molecular weight excluding hydrogens is 286 g/mol. The maximum atomic E-state index is 12.2. The number of aromatic nitrogens is 1. The number of rotatable bonds is 5. The van der Waals surface area contributed by atoms with Crippen molar-refractivity contribution in [1.82, 2.24) is 4.98 Å². The van der Waals surface area contributed by atoms with Crippen molar-refractivity contribution < 1.29 is 4.79 Å². The first-order valence-corrected chi connectivity index (χ1v) is 7.26. The van der Waals surface area contributed by atoms with Crippen LogP contribution in [0.4, 0.5) is 11.5 Å². The summed E-state index contributed by atoms with van der Waals surface area (Å²) >= 11 is 6.08. The Bertz CT molecular complexity index is 643. The number of aryl methyl sites for hydroxylation is 1. The quantitative estimate of drug-likeness (QED) is 0.873. The van der Waals surface area contributed by atoms with Crippen molar-refractivity contribution in [3.8, 4) is 0 Å². The van der Waals surface area contributed by atoms with Gasteiger partial charge in [-0.2, -0.15) is 0 Å². The van der Waals surface area contributed by atoms with Crippen LogP contribution in [0.25, 0.3) is 0 Å². The molecule has 1 aromatic heterocycles. The summed E-state index contributed by atoms with van der Waals surface area (Å²) in [5.41, 5.74) is 1.98. The van der Waals surface area contributed by atoms with Gasteiger partial charge in [-0.15, -0.1) is 0 Å². The zero-order chi connectivity index (χ0) is 15.2. The molecule has 1 heterocycles. The predicted octanol–water partition coefficient (Wildman–Crippen LogP) is 4.12. The third kappa shape index (κ3) is 4.20. The minimum absolute atomic E-state index is 0.275. The molecule has 0 saturated heterocycles. The van der Waals surface area contributed by atoms with E-state index >= 15 is 0 Å². The first kappa shape index (κ1) is 15.3. The second-order valence-corrected chi connectivity index (χ2v) is 5.18. The standard InChI is InChI=1S/C16H18ClN3O/c1-3-9-18-15-6-4-5-13(19-15)16(21)20-14-10-11(2)7-8-12(14)17/h4-8,10H,3,9H2,1-2H3,(H,18,19)(H,20,21). The number of pyridine rings is 1. The summed E-state index contributed by atoms with van der Waals surface area (Å²) in [6, 6.07) is 10.8. The second-order valence-electron chi connectivity index (χ2n) is 4.77. The summed E-state index contributed by atoms with van der Waals surface area (Å²) in [4.78, 5) is 16.5. The molecule has 1 amide bonds. The van der Waals surface area contributed by atoms with Gasteiger partial charge in [-0.25, -0.2) is 4.98 Å². The third-order valence-electron chi connectivity index (χ3n) is 2.91. The largest absolute Gasteiger partial charge is 0.370 e. The minimum Gasteiger partial charge on any atom is -0.370 e. The molecule has 0 aliphatic carbocycles. The van der Waals surface area contributed by atoms with E-state index in [1.165, 1.54) is 0 Å². The van der Waals surface area contributed by atoms with Crippen LogP contribution in [0, 0.1) is 6.92 Å². The Morgan fingerprint density at radius 2 is 2.10 bits per heavy atom. The summed E-state index contributed by atoms with van der Waals surface area (Å²) in [7, 11) is 0. The highest BCUT2D eigenvalue weighted by molar-refractivity contribution is 6.33. The molecule has 2 rings (SSSR count).